The summed E-state index contributed by atoms with van der Waals surface area (Å²) in [5.41, 5.74) is 0.313. The summed E-state index contributed by atoms with van der Waals surface area (Å²) in [5, 5.41) is 10.9. The third kappa shape index (κ3) is 3.28. The van der Waals surface area contributed by atoms with Crippen LogP contribution in [-0.4, -0.2) is 23.4 Å². The average Bonchev–Trinajstić information content (AvgIpc) is 2.83. The van der Waals surface area contributed by atoms with Crippen molar-refractivity contribution in [3.05, 3.63) is 34.6 Å². The highest BCUT2D eigenvalue weighted by molar-refractivity contribution is 6.31. The molecule has 2 rings (SSSR count). The van der Waals surface area contributed by atoms with E-state index in [0.29, 0.717) is 18.1 Å². The van der Waals surface area contributed by atoms with Gasteiger partial charge in [-0.25, -0.2) is 4.39 Å². The van der Waals surface area contributed by atoms with Gasteiger partial charge in [0, 0.05) is 18.1 Å². The smallest absolute Gasteiger partial charge is 0.124 e. The second kappa shape index (κ2) is 6.21. The van der Waals surface area contributed by atoms with Gasteiger partial charge in [0.05, 0.1) is 11.7 Å². The largest absolute Gasteiger partial charge is 0.390 e. The molecule has 0 bridgehead atoms. The molecule has 1 saturated carbocycles. The standard InChI is InChI=1S/C15H20ClFO2/c1-2-19-15(7-3-4-8-15)14(18)9-11-5-6-12(17)10-13(11)16/h5-6,10,14,18H,2-4,7-9H2,1H3. The maximum atomic E-state index is 13.0. The van der Waals surface area contributed by atoms with Crippen LogP contribution in [0.4, 0.5) is 4.39 Å². The van der Waals surface area contributed by atoms with Crippen molar-refractivity contribution in [2.24, 2.45) is 0 Å². The van der Waals surface area contributed by atoms with E-state index in [0.717, 1.165) is 31.2 Å². The highest BCUT2D eigenvalue weighted by Crippen LogP contribution is 2.37. The summed E-state index contributed by atoms with van der Waals surface area (Å²) in [6, 6.07) is 4.29. The summed E-state index contributed by atoms with van der Waals surface area (Å²) < 4.78 is 18.8. The van der Waals surface area contributed by atoms with E-state index in [4.69, 9.17) is 16.3 Å². The van der Waals surface area contributed by atoms with Crippen LogP contribution in [-0.2, 0) is 11.2 Å². The van der Waals surface area contributed by atoms with Crippen molar-refractivity contribution in [2.75, 3.05) is 6.61 Å². The lowest BCUT2D eigenvalue weighted by Gasteiger charge is -2.34. The summed E-state index contributed by atoms with van der Waals surface area (Å²) in [4.78, 5) is 0. The Morgan fingerprint density at radius 2 is 2.11 bits per heavy atom. The Bertz CT molecular complexity index is 430. The van der Waals surface area contributed by atoms with Gasteiger partial charge in [-0.05, 0) is 37.5 Å². The molecule has 1 aliphatic rings. The number of aliphatic hydroxyl groups excluding tert-OH is 1. The van der Waals surface area contributed by atoms with Gasteiger partial charge in [0.1, 0.15) is 5.82 Å². The Morgan fingerprint density at radius 1 is 1.42 bits per heavy atom. The first-order valence-electron chi connectivity index (χ1n) is 6.83. The number of benzene rings is 1. The molecule has 0 spiro atoms. The number of halogens is 2. The predicted molar refractivity (Wildman–Crippen MR) is 73.9 cm³/mol. The fourth-order valence-electron chi connectivity index (χ4n) is 2.92. The van der Waals surface area contributed by atoms with Crippen LogP contribution in [0.1, 0.15) is 38.2 Å². The minimum atomic E-state index is -0.599. The normalized spacial score (nSPS) is 19.6. The highest BCUT2D eigenvalue weighted by atomic mass is 35.5. The molecule has 1 aromatic carbocycles. The van der Waals surface area contributed by atoms with Gasteiger partial charge in [-0.15, -0.1) is 0 Å². The van der Waals surface area contributed by atoms with Crippen molar-refractivity contribution in [1.29, 1.82) is 0 Å². The molecule has 0 heterocycles. The molecule has 1 atom stereocenters. The first kappa shape index (κ1) is 14.8. The van der Waals surface area contributed by atoms with Crippen LogP contribution in [0.25, 0.3) is 0 Å². The lowest BCUT2D eigenvalue weighted by atomic mass is 9.89. The van der Waals surface area contributed by atoms with Crippen molar-refractivity contribution >= 4 is 11.6 Å². The van der Waals surface area contributed by atoms with Crippen LogP contribution < -0.4 is 0 Å². The summed E-state index contributed by atoms with van der Waals surface area (Å²) in [7, 11) is 0. The molecular weight excluding hydrogens is 267 g/mol. The van der Waals surface area contributed by atoms with Crippen molar-refractivity contribution < 1.29 is 14.2 Å². The van der Waals surface area contributed by atoms with Crippen LogP contribution >= 0.6 is 11.6 Å². The molecule has 19 heavy (non-hydrogen) atoms. The van der Waals surface area contributed by atoms with Gasteiger partial charge < -0.3 is 9.84 Å². The second-order valence-corrected chi connectivity index (χ2v) is 5.57. The van der Waals surface area contributed by atoms with Crippen molar-refractivity contribution in [2.45, 2.75) is 50.7 Å². The van der Waals surface area contributed by atoms with Crippen LogP contribution in [0.3, 0.4) is 0 Å². The Kier molecular flexibility index (Phi) is 4.82. The van der Waals surface area contributed by atoms with E-state index in [1.165, 1.54) is 12.1 Å². The first-order chi connectivity index (χ1) is 9.07. The van der Waals surface area contributed by atoms with Gasteiger partial charge in [0.2, 0.25) is 0 Å². The number of aliphatic hydroxyl groups is 1. The maximum absolute atomic E-state index is 13.0. The fraction of sp³-hybridized carbons (Fsp3) is 0.600. The zero-order chi connectivity index (χ0) is 13.9. The molecule has 1 aromatic rings. The van der Waals surface area contributed by atoms with Crippen LogP contribution in [0.15, 0.2) is 18.2 Å². The molecular formula is C15H20ClFO2. The molecule has 1 unspecified atom stereocenters. The molecule has 0 saturated heterocycles. The summed E-state index contributed by atoms with van der Waals surface area (Å²) in [6.45, 7) is 2.53. The maximum Gasteiger partial charge on any atom is 0.124 e. The molecule has 1 aliphatic carbocycles. The third-order valence-electron chi connectivity index (χ3n) is 3.92. The minimum Gasteiger partial charge on any atom is -0.390 e. The number of hydrogen-bond acceptors (Lipinski definition) is 2. The van der Waals surface area contributed by atoms with Crippen molar-refractivity contribution in [3.8, 4) is 0 Å². The van der Waals surface area contributed by atoms with Gasteiger partial charge in [0.15, 0.2) is 0 Å². The van der Waals surface area contributed by atoms with Crippen molar-refractivity contribution in [1.82, 2.24) is 0 Å². The monoisotopic (exact) mass is 286 g/mol. The average molecular weight is 287 g/mol. The Morgan fingerprint density at radius 3 is 2.68 bits per heavy atom. The third-order valence-corrected chi connectivity index (χ3v) is 4.27. The minimum absolute atomic E-state index is 0.358. The Labute approximate surface area is 118 Å². The summed E-state index contributed by atoms with van der Waals surface area (Å²) >= 11 is 6.01. The molecule has 1 N–H and O–H groups in total. The van der Waals surface area contributed by atoms with E-state index in [9.17, 15) is 9.50 Å². The van der Waals surface area contributed by atoms with Gasteiger partial charge in [-0.2, -0.15) is 0 Å². The van der Waals surface area contributed by atoms with Crippen LogP contribution in [0.5, 0.6) is 0 Å². The number of ether oxygens (including phenoxy) is 1. The molecule has 0 radical (unpaired) electrons. The van der Waals surface area contributed by atoms with Crippen LogP contribution in [0.2, 0.25) is 5.02 Å². The topological polar surface area (TPSA) is 29.5 Å². The lowest BCUT2D eigenvalue weighted by Crippen LogP contribution is -2.43. The van der Waals surface area contributed by atoms with Gasteiger partial charge in [-0.1, -0.05) is 30.5 Å². The van der Waals surface area contributed by atoms with E-state index in [1.807, 2.05) is 6.92 Å². The zero-order valence-corrected chi connectivity index (χ0v) is 11.9. The van der Waals surface area contributed by atoms with E-state index >= 15 is 0 Å². The molecule has 0 aliphatic heterocycles. The van der Waals surface area contributed by atoms with Crippen molar-refractivity contribution in [3.63, 3.8) is 0 Å². The van der Waals surface area contributed by atoms with E-state index in [2.05, 4.69) is 0 Å². The van der Waals surface area contributed by atoms with Gasteiger partial charge >= 0.3 is 0 Å². The Balaban J connectivity index is 2.12. The molecule has 0 amide bonds. The van der Waals surface area contributed by atoms with Gasteiger partial charge in [0.25, 0.3) is 0 Å². The van der Waals surface area contributed by atoms with Crippen LogP contribution in [0, 0.1) is 5.82 Å². The molecule has 1 fully saturated rings. The van der Waals surface area contributed by atoms with E-state index < -0.39 is 11.7 Å². The first-order valence-corrected chi connectivity index (χ1v) is 7.21. The quantitative estimate of drug-likeness (QED) is 0.894. The number of rotatable bonds is 5. The highest BCUT2D eigenvalue weighted by Gasteiger charge is 2.41. The molecule has 0 aromatic heterocycles. The molecule has 4 heteroatoms. The predicted octanol–water partition coefficient (Wildman–Crippen LogP) is 3.73. The number of hydrogen-bond donors (Lipinski definition) is 1. The molecule has 2 nitrogen and oxygen atoms in total. The zero-order valence-electron chi connectivity index (χ0n) is 11.2. The molecule has 106 valence electrons. The van der Waals surface area contributed by atoms with E-state index in [-0.39, 0.29) is 5.82 Å². The summed E-state index contributed by atoms with van der Waals surface area (Å²) in [5.74, 6) is -0.358. The SMILES string of the molecule is CCOC1(C(O)Cc2ccc(F)cc2Cl)CCCC1. The fourth-order valence-corrected chi connectivity index (χ4v) is 3.16. The Hall–Kier alpha value is -0.640. The second-order valence-electron chi connectivity index (χ2n) is 5.16. The van der Waals surface area contributed by atoms with E-state index in [1.54, 1.807) is 6.07 Å². The summed E-state index contributed by atoms with van der Waals surface area (Å²) in [6.07, 6.45) is 3.71. The van der Waals surface area contributed by atoms with Gasteiger partial charge in [-0.3, -0.25) is 0 Å². The lowest BCUT2D eigenvalue weighted by molar-refractivity contribution is -0.115.